The van der Waals surface area contributed by atoms with E-state index in [4.69, 9.17) is 9.57 Å². The maximum absolute atomic E-state index is 12.1. The highest BCUT2D eigenvalue weighted by Crippen LogP contribution is 2.23. The van der Waals surface area contributed by atoms with Crippen LogP contribution < -0.4 is 4.74 Å². The summed E-state index contributed by atoms with van der Waals surface area (Å²) in [7, 11) is 0. The fourth-order valence-electron chi connectivity index (χ4n) is 2.42. The maximum atomic E-state index is 12.1. The van der Waals surface area contributed by atoms with E-state index < -0.39 is 17.8 Å². The summed E-state index contributed by atoms with van der Waals surface area (Å²) in [5.41, 5.74) is 1.16. The zero-order valence-electron chi connectivity index (χ0n) is 13.0. The molecular formula is C18H15NO5. The second-order valence-electron chi connectivity index (χ2n) is 5.17. The summed E-state index contributed by atoms with van der Waals surface area (Å²) < 4.78 is 5.32. The summed E-state index contributed by atoms with van der Waals surface area (Å²) in [5, 5.41) is 0.515. The van der Waals surface area contributed by atoms with E-state index in [1.54, 1.807) is 36.4 Å². The van der Waals surface area contributed by atoms with E-state index in [1.165, 1.54) is 12.1 Å². The zero-order chi connectivity index (χ0) is 17.1. The van der Waals surface area contributed by atoms with E-state index in [1.807, 2.05) is 6.92 Å². The monoisotopic (exact) mass is 325 g/mol. The van der Waals surface area contributed by atoms with Gasteiger partial charge in [0.25, 0.3) is 11.8 Å². The van der Waals surface area contributed by atoms with Crippen molar-refractivity contribution < 1.29 is 24.0 Å². The Morgan fingerprint density at radius 2 is 1.54 bits per heavy atom. The minimum absolute atomic E-state index is 0.0557. The number of carbonyl (C=O) groups is 3. The zero-order valence-corrected chi connectivity index (χ0v) is 13.0. The van der Waals surface area contributed by atoms with Crippen molar-refractivity contribution in [2.24, 2.45) is 0 Å². The molecule has 0 unspecified atom stereocenters. The number of amides is 2. The SMILES string of the molecule is CCOc1ccc(CC(=O)ON2C(=O)c3ccccc3C2=O)cc1. The number of nitrogens with zero attached hydrogens (tertiary/aromatic N) is 1. The first kappa shape index (κ1) is 15.7. The number of hydroxylamine groups is 2. The van der Waals surface area contributed by atoms with E-state index in [0.717, 1.165) is 0 Å². The summed E-state index contributed by atoms with van der Waals surface area (Å²) >= 11 is 0. The number of hydrogen-bond acceptors (Lipinski definition) is 5. The topological polar surface area (TPSA) is 72.9 Å². The van der Waals surface area contributed by atoms with Crippen LogP contribution in [0.1, 0.15) is 33.2 Å². The van der Waals surface area contributed by atoms with Crippen LogP contribution in [0.2, 0.25) is 0 Å². The van der Waals surface area contributed by atoms with Crippen molar-refractivity contribution in [3.63, 3.8) is 0 Å². The van der Waals surface area contributed by atoms with E-state index in [9.17, 15) is 14.4 Å². The molecule has 0 radical (unpaired) electrons. The van der Waals surface area contributed by atoms with Gasteiger partial charge in [0.05, 0.1) is 24.2 Å². The van der Waals surface area contributed by atoms with Crippen molar-refractivity contribution in [3.05, 3.63) is 65.2 Å². The van der Waals surface area contributed by atoms with Crippen LogP contribution in [0, 0.1) is 0 Å². The van der Waals surface area contributed by atoms with Crippen LogP contribution in [0.4, 0.5) is 0 Å². The lowest BCUT2D eigenvalue weighted by atomic mass is 10.1. The molecule has 2 aromatic carbocycles. The number of hydrogen-bond donors (Lipinski definition) is 0. The number of rotatable bonds is 5. The minimum Gasteiger partial charge on any atom is -0.494 e. The highest BCUT2D eigenvalue weighted by molar-refractivity contribution is 6.20. The Morgan fingerprint density at radius 1 is 0.958 bits per heavy atom. The van der Waals surface area contributed by atoms with Crippen LogP contribution in [-0.2, 0) is 16.1 Å². The lowest BCUT2D eigenvalue weighted by Gasteiger charge is -2.12. The molecule has 0 aliphatic carbocycles. The Balaban J connectivity index is 1.65. The molecule has 0 atom stereocenters. The molecule has 6 nitrogen and oxygen atoms in total. The van der Waals surface area contributed by atoms with Gasteiger partial charge in [0, 0.05) is 0 Å². The average molecular weight is 325 g/mol. The van der Waals surface area contributed by atoms with Gasteiger partial charge in [-0.05, 0) is 36.8 Å². The number of ether oxygens (including phenoxy) is 1. The number of benzene rings is 2. The van der Waals surface area contributed by atoms with Gasteiger partial charge in [-0.2, -0.15) is 0 Å². The second kappa shape index (κ2) is 6.54. The molecule has 2 amide bonds. The minimum atomic E-state index is -0.686. The predicted octanol–water partition coefficient (Wildman–Crippen LogP) is 2.38. The lowest BCUT2D eigenvalue weighted by Crippen LogP contribution is -2.33. The molecule has 1 aliphatic rings. The standard InChI is InChI=1S/C18H15NO5/c1-2-23-13-9-7-12(8-10-13)11-16(20)24-19-17(21)14-5-3-4-6-15(14)18(19)22/h3-10H,2,11H2,1H3. The van der Waals surface area contributed by atoms with Crippen LogP contribution >= 0.6 is 0 Å². The van der Waals surface area contributed by atoms with E-state index in [0.29, 0.717) is 23.0 Å². The van der Waals surface area contributed by atoms with E-state index in [-0.39, 0.29) is 17.5 Å². The predicted molar refractivity (Wildman–Crippen MR) is 84.3 cm³/mol. The third kappa shape index (κ3) is 2.99. The molecule has 24 heavy (non-hydrogen) atoms. The normalized spacial score (nSPS) is 13.0. The molecule has 0 saturated heterocycles. The first-order chi connectivity index (χ1) is 11.6. The fraction of sp³-hybridized carbons (Fsp3) is 0.167. The van der Waals surface area contributed by atoms with Gasteiger partial charge in [-0.3, -0.25) is 9.59 Å². The molecule has 0 N–H and O–H groups in total. The van der Waals surface area contributed by atoms with Gasteiger partial charge >= 0.3 is 5.97 Å². The van der Waals surface area contributed by atoms with Crippen LogP contribution in [0.15, 0.2) is 48.5 Å². The van der Waals surface area contributed by atoms with Crippen LogP contribution in [0.3, 0.4) is 0 Å². The van der Waals surface area contributed by atoms with Gasteiger partial charge in [-0.15, -0.1) is 0 Å². The number of fused-ring (bicyclic) bond motifs is 1. The van der Waals surface area contributed by atoms with Crippen LogP contribution in [-0.4, -0.2) is 29.5 Å². The Morgan fingerprint density at radius 3 is 2.08 bits per heavy atom. The molecule has 3 rings (SSSR count). The van der Waals surface area contributed by atoms with Crippen molar-refractivity contribution in [1.29, 1.82) is 0 Å². The van der Waals surface area contributed by atoms with Crippen molar-refractivity contribution in [3.8, 4) is 5.75 Å². The first-order valence-electron chi connectivity index (χ1n) is 7.50. The Bertz CT molecular complexity index is 762. The quantitative estimate of drug-likeness (QED) is 0.789. The molecule has 6 heteroatoms. The Hall–Kier alpha value is -3.15. The maximum Gasteiger partial charge on any atom is 0.337 e. The van der Waals surface area contributed by atoms with Gasteiger partial charge in [-0.25, -0.2) is 4.79 Å². The first-order valence-corrected chi connectivity index (χ1v) is 7.50. The van der Waals surface area contributed by atoms with Crippen LogP contribution in [0.25, 0.3) is 0 Å². The Labute approximate surface area is 138 Å². The fourth-order valence-corrected chi connectivity index (χ4v) is 2.42. The van der Waals surface area contributed by atoms with Crippen molar-refractivity contribution in [2.75, 3.05) is 6.61 Å². The smallest absolute Gasteiger partial charge is 0.337 e. The van der Waals surface area contributed by atoms with Crippen molar-refractivity contribution in [1.82, 2.24) is 5.06 Å². The molecule has 2 aromatic rings. The molecule has 0 spiro atoms. The second-order valence-corrected chi connectivity index (χ2v) is 5.17. The Kier molecular flexibility index (Phi) is 4.29. The molecule has 1 aliphatic heterocycles. The van der Waals surface area contributed by atoms with Crippen molar-refractivity contribution >= 4 is 17.8 Å². The van der Waals surface area contributed by atoms with E-state index >= 15 is 0 Å². The average Bonchev–Trinajstić information content (AvgIpc) is 2.82. The highest BCUT2D eigenvalue weighted by Gasteiger charge is 2.38. The summed E-state index contributed by atoms with van der Waals surface area (Å²) in [6.45, 7) is 2.44. The lowest BCUT2D eigenvalue weighted by molar-refractivity contribution is -0.167. The molecule has 0 fully saturated rings. The third-order valence-electron chi connectivity index (χ3n) is 3.53. The van der Waals surface area contributed by atoms with Gasteiger partial charge in [0.2, 0.25) is 0 Å². The van der Waals surface area contributed by atoms with Gasteiger partial charge in [0.1, 0.15) is 5.75 Å². The summed E-state index contributed by atoms with van der Waals surface area (Å²) in [5.74, 6) is -1.24. The summed E-state index contributed by atoms with van der Waals surface area (Å²) in [6, 6.07) is 13.3. The summed E-state index contributed by atoms with van der Waals surface area (Å²) in [6.07, 6.45) is -0.0557. The van der Waals surface area contributed by atoms with Gasteiger partial charge in [-0.1, -0.05) is 29.3 Å². The van der Waals surface area contributed by atoms with Crippen molar-refractivity contribution in [2.45, 2.75) is 13.3 Å². The molecule has 1 heterocycles. The third-order valence-corrected chi connectivity index (χ3v) is 3.53. The molecule has 122 valence electrons. The van der Waals surface area contributed by atoms with E-state index in [2.05, 4.69) is 0 Å². The molecule has 0 saturated carbocycles. The molecular weight excluding hydrogens is 310 g/mol. The number of carbonyl (C=O) groups excluding carboxylic acids is 3. The van der Waals surface area contributed by atoms with Gasteiger partial charge < -0.3 is 9.57 Å². The van der Waals surface area contributed by atoms with Crippen LogP contribution in [0.5, 0.6) is 5.75 Å². The van der Waals surface area contributed by atoms with Gasteiger partial charge in [0.15, 0.2) is 0 Å². The number of imide groups is 1. The summed E-state index contributed by atoms with van der Waals surface area (Å²) in [4.78, 5) is 41.2. The largest absolute Gasteiger partial charge is 0.494 e. The molecule has 0 bridgehead atoms. The highest BCUT2D eigenvalue weighted by atomic mass is 16.7. The molecule has 0 aromatic heterocycles.